The lowest BCUT2D eigenvalue weighted by atomic mass is 9.72. The van der Waals surface area contributed by atoms with Crippen LogP contribution < -0.4 is 4.48 Å². The van der Waals surface area contributed by atoms with Crippen molar-refractivity contribution in [3.63, 3.8) is 0 Å². The molecule has 0 N–H and O–H groups in total. The highest BCUT2D eigenvalue weighted by molar-refractivity contribution is 5.56. The van der Waals surface area contributed by atoms with E-state index in [0.29, 0.717) is 11.6 Å². The van der Waals surface area contributed by atoms with Gasteiger partial charge in [0.15, 0.2) is 12.4 Å². The third-order valence-electron chi connectivity index (χ3n) is 6.50. The second-order valence-electron chi connectivity index (χ2n) is 7.29. The van der Waals surface area contributed by atoms with E-state index in [1.807, 2.05) is 0 Å². The summed E-state index contributed by atoms with van der Waals surface area (Å²) < 4.78 is 2.27. The van der Waals surface area contributed by atoms with Crippen LogP contribution in [-0.2, 0) is 6.42 Å². The van der Waals surface area contributed by atoms with Crippen LogP contribution in [0, 0.1) is 5.41 Å². The smallest absolute Gasteiger partial charge is 0.199 e. The number of para-hydroxylation sites is 1. The van der Waals surface area contributed by atoms with Gasteiger partial charge in [0.2, 0.25) is 12.8 Å². The zero-order valence-electron chi connectivity index (χ0n) is 13.0. The highest BCUT2D eigenvalue weighted by atomic mass is 15.8. The number of nitrogens with zero attached hydrogens (tertiary/aromatic N) is 2. The minimum atomic E-state index is 0.482. The highest BCUT2D eigenvalue weighted by Crippen LogP contribution is 2.59. The summed E-state index contributed by atoms with van der Waals surface area (Å²) in [6, 6.07) is 9.17. The normalized spacial score (nSPS) is 39.6. The molecule has 5 rings (SSSR count). The molecular formula is C18H26N2+2. The lowest BCUT2D eigenvalue weighted by Gasteiger charge is -2.58. The molecule has 4 aliphatic heterocycles. The van der Waals surface area contributed by atoms with Crippen LogP contribution in [0.25, 0.3) is 0 Å². The fraction of sp³-hybridized carbons (Fsp3) is 0.556. The van der Waals surface area contributed by atoms with Crippen molar-refractivity contribution >= 4 is 5.69 Å². The highest BCUT2D eigenvalue weighted by Gasteiger charge is 2.75. The van der Waals surface area contributed by atoms with Gasteiger partial charge in [0.05, 0.1) is 12.5 Å². The number of fused-ring (bicyclic) bond motifs is 1. The van der Waals surface area contributed by atoms with Crippen LogP contribution in [0.1, 0.15) is 38.7 Å². The quantitative estimate of drug-likeness (QED) is 0.713. The maximum atomic E-state index is 2.49. The molecule has 0 amide bonds. The van der Waals surface area contributed by atoms with Gasteiger partial charge in [0.1, 0.15) is 5.69 Å². The van der Waals surface area contributed by atoms with Crippen LogP contribution in [-0.4, -0.2) is 24.4 Å². The summed E-state index contributed by atoms with van der Waals surface area (Å²) in [7, 11) is 2.43. The Morgan fingerprint density at radius 2 is 1.90 bits per heavy atom. The molecule has 106 valence electrons. The average molecular weight is 270 g/mol. The van der Waals surface area contributed by atoms with Crippen molar-refractivity contribution in [1.29, 1.82) is 0 Å². The number of hydrogen-bond donors (Lipinski definition) is 0. The lowest BCUT2D eigenvalue weighted by molar-refractivity contribution is -0.953. The summed E-state index contributed by atoms with van der Waals surface area (Å²) in [5, 5.41) is 0. The van der Waals surface area contributed by atoms with Crippen LogP contribution in [0.2, 0.25) is 0 Å². The second kappa shape index (κ2) is 3.75. The predicted molar refractivity (Wildman–Crippen MR) is 83.6 cm³/mol. The minimum Gasteiger partial charge on any atom is -0.199 e. The van der Waals surface area contributed by atoms with Crippen molar-refractivity contribution in [2.75, 3.05) is 13.7 Å². The Morgan fingerprint density at radius 1 is 1.15 bits per heavy atom. The predicted octanol–water partition coefficient (Wildman–Crippen LogP) is 3.98. The molecule has 20 heavy (non-hydrogen) atoms. The zero-order chi connectivity index (χ0) is 14.0. The van der Waals surface area contributed by atoms with Gasteiger partial charge in [-0.2, -0.15) is 8.97 Å². The molecule has 1 aromatic rings. The van der Waals surface area contributed by atoms with Gasteiger partial charge in [-0.25, -0.2) is 0 Å². The van der Waals surface area contributed by atoms with Crippen LogP contribution in [0.4, 0.5) is 5.69 Å². The lowest BCUT2D eigenvalue weighted by Crippen LogP contribution is -2.81. The van der Waals surface area contributed by atoms with Crippen LogP contribution in [0.15, 0.2) is 36.7 Å². The molecule has 1 fully saturated rings. The van der Waals surface area contributed by atoms with Gasteiger partial charge in [0.25, 0.3) is 0 Å². The number of benzene rings is 1. The Hall–Kier alpha value is -1.12. The first kappa shape index (κ1) is 12.6. The molecule has 2 nitrogen and oxygen atoms in total. The van der Waals surface area contributed by atoms with E-state index in [1.54, 1.807) is 11.3 Å². The molecule has 4 aliphatic rings. The van der Waals surface area contributed by atoms with Gasteiger partial charge in [-0.1, -0.05) is 32.0 Å². The molecule has 4 heterocycles. The third kappa shape index (κ3) is 1.23. The van der Waals surface area contributed by atoms with Crippen LogP contribution in [0.3, 0.4) is 0 Å². The van der Waals surface area contributed by atoms with E-state index in [2.05, 4.69) is 57.6 Å². The number of aryl methyl sites for hydroxylation is 1. The van der Waals surface area contributed by atoms with E-state index in [0.717, 1.165) is 8.97 Å². The summed E-state index contributed by atoms with van der Waals surface area (Å²) in [5.74, 6) is 0. The van der Waals surface area contributed by atoms with E-state index >= 15 is 0 Å². The summed E-state index contributed by atoms with van der Waals surface area (Å²) in [4.78, 5) is 0. The molecule has 0 saturated carbocycles. The Bertz CT molecular complexity index is 587. The largest absolute Gasteiger partial charge is 0.244 e. The summed E-state index contributed by atoms with van der Waals surface area (Å²) in [6.07, 6.45) is 10.9. The Labute approximate surface area is 122 Å². The first-order chi connectivity index (χ1) is 9.60. The van der Waals surface area contributed by atoms with Crippen LogP contribution in [0.5, 0.6) is 0 Å². The number of quaternary nitrogens is 2. The van der Waals surface area contributed by atoms with Crippen molar-refractivity contribution in [3.05, 3.63) is 42.2 Å². The molecule has 0 aliphatic carbocycles. The van der Waals surface area contributed by atoms with Gasteiger partial charge >= 0.3 is 0 Å². The number of rotatable bonds is 2. The second-order valence-corrected chi connectivity index (χ2v) is 7.29. The van der Waals surface area contributed by atoms with Gasteiger partial charge in [-0.3, -0.25) is 0 Å². The van der Waals surface area contributed by atoms with Crippen molar-refractivity contribution in [2.45, 2.75) is 45.7 Å². The first-order valence-electron chi connectivity index (χ1n) is 8.11. The Morgan fingerprint density at radius 3 is 2.60 bits per heavy atom. The molecule has 2 heteroatoms. The fourth-order valence-corrected chi connectivity index (χ4v) is 5.57. The monoisotopic (exact) mass is 270 g/mol. The Kier molecular flexibility index (Phi) is 2.36. The molecule has 2 bridgehead atoms. The summed E-state index contributed by atoms with van der Waals surface area (Å²) >= 11 is 0. The Balaban J connectivity index is 1.93. The molecule has 1 aromatic carbocycles. The molecule has 3 unspecified atom stereocenters. The average Bonchev–Trinajstić information content (AvgIpc) is 2.93. The van der Waals surface area contributed by atoms with Gasteiger partial charge in [-0.15, -0.1) is 0 Å². The maximum absolute atomic E-state index is 2.49. The molecule has 1 saturated heterocycles. The summed E-state index contributed by atoms with van der Waals surface area (Å²) in [5.41, 5.74) is 3.64. The van der Waals surface area contributed by atoms with E-state index in [1.165, 1.54) is 32.4 Å². The van der Waals surface area contributed by atoms with Crippen molar-refractivity contribution in [2.24, 2.45) is 5.41 Å². The third-order valence-corrected chi connectivity index (χ3v) is 6.50. The van der Waals surface area contributed by atoms with E-state index in [-0.39, 0.29) is 0 Å². The summed E-state index contributed by atoms with van der Waals surface area (Å²) in [6.45, 7) is 6.04. The fourth-order valence-electron chi connectivity index (χ4n) is 5.57. The standard InChI is InChI=1S/C18H26N2/c1-4-18(5-2)11-10-15-8-6-7-9-16(15)20-13-12-19(3,14-20)17(18)20/h6-9,12-13,17H,4-5,10-11,14H2,1-3H3/q+2. The first-order valence-corrected chi connectivity index (χ1v) is 8.11. The molecule has 1 spiro atoms. The molecule has 0 aromatic heterocycles. The van der Waals surface area contributed by atoms with Gasteiger partial charge in [-0.05, 0) is 25.7 Å². The minimum absolute atomic E-state index is 0.482. The van der Waals surface area contributed by atoms with Crippen molar-refractivity contribution in [1.82, 2.24) is 4.48 Å². The van der Waals surface area contributed by atoms with E-state index in [4.69, 9.17) is 0 Å². The SMILES string of the molecule is CCC1(CC)CCc2ccccc2[N+]23C=C[N+](C)(C2)C13. The molecular weight excluding hydrogens is 244 g/mol. The van der Waals surface area contributed by atoms with Crippen molar-refractivity contribution in [3.8, 4) is 0 Å². The molecule has 3 atom stereocenters. The van der Waals surface area contributed by atoms with E-state index in [9.17, 15) is 0 Å². The number of hydrogen-bond acceptors (Lipinski definition) is 0. The maximum Gasteiger partial charge on any atom is 0.244 e. The molecule has 0 radical (unpaired) electrons. The zero-order valence-corrected chi connectivity index (χ0v) is 13.0. The van der Waals surface area contributed by atoms with Crippen LogP contribution >= 0.6 is 0 Å². The van der Waals surface area contributed by atoms with Gasteiger partial charge < -0.3 is 0 Å². The van der Waals surface area contributed by atoms with Gasteiger partial charge in [0, 0.05) is 11.6 Å². The van der Waals surface area contributed by atoms with Crippen molar-refractivity contribution < 1.29 is 4.48 Å². The van der Waals surface area contributed by atoms with E-state index < -0.39 is 0 Å². The topological polar surface area (TPSA) is 0 Å².